The van der Waals surface area contributed by atoms with E-state index in [1.54, 1.807) is 7.11 Å². The lowest BCUT2D eigenvalue weighted by molar-refractivity contribution is -0.173. The van der Waals surface area contributed by atoms with Crippen LogP contribution in [0.2, 0.25) is 0 Å². The smallest absolute Gasteiger partial charge is 0.257 e. The van der Waals surface area contributed by atoms with E-state index in [0.29, 0.717) is 38.8 Å². The van der Waals surface area contributed by atoms with Gasteiger partial charge < -0.3 is 23.7 Å². The molecule has 2 atom stereocenters. The van der Waals surface area contributed by atoms with Gasteiger partial charge in [-0.1, -0.05) is 24.3 Å². The Hall–Kier alpha value is -3.36. The summed E-state index contributed by atoms with van der Waals surface area (Å²) >= 11 is 0. The molecule has 1 spiro atoms. The lowest BCUT2D eigenvalue weighted by Crippen LogP contribution is -2.60. The summed E-state index contributed by atoms with van der Waals surface area (Å²) in [6.45, 7) is 11.9. The van der Waals surface area contributed by atoms with Crippen molar-refractivity contribution in [3.8, 4) is 11.5 Å². The molecule has 1 aromatic heterocycles. The van der Waals surface area contributed by atoms with Gasteiger partial charge in [0, 0.05) is 45.0 Å². The van der Waals surface area contributed by atoms with Crippen LogP contribution >= 0.6 is 0 Å². The molecular formula is C31H40N4O4. The summed E-state index contributed by atoms with van der Waals surface area (Å²) in [5.74, 6) is 1.55. The first-order valence-electron chi connectivity index (χ1n) is 13.8. The van der Waals surface area contributed by atoms with Crippen molar-refractivity contribution in [3.63, 3.8) is 0 Å². The second-order valence-corrected chi connectivity index (χ2v) is 11.2. The molecule has 2 saturated heterocycles. The molecule has 0 radical (unpaired) electrons. The Bertz CT molecular complexity index is 1250. The van der Waals surface area contributed by atoms with Gasteiger partial charge in [0.2, 0.25) is 0 Å². The molecule has 208 valence electrons. The molecule has 0 N–H and O–H groups in total. The number of methoxy groups -OCH3 is 1. The van der Waals surface area contributed by atoms with Crippen molar-refractivity contribution < 1.29 is 19.0 Å². The molecule has 2 fully saturated rings. The molecule has 5 rings (SSSR count). The molecule has 0 aliphatic carbocycles. The molecule has 0 unspecified atom stereocenters. The van der Waals surface area contributed by atoms with Crippen LogP contribution in [0.4, 0.5) is 0 Å². The van der Waals surface area contributed by atoms with E-state index in [1.165, 1.54) is 5.56 Å². The highest BCUT2D eigenvalue weighted by Crippen LogP contribution is 2.42. The van der Waals surface area contributed by atoms with Crippen LogP contribution in [0.25, 0.3) is 0 Å². The number of nitrogens with zero attached hydrogens (tertiary/aromatic N) is 4. The summed E-state index contributed by atoms with van der Waals surface area (Å²) in [7, 11) is 1.66. The van der Waals surface area contributed by atoms with E-state index in [-0.39, 0.29) is 17.9 Å². The maximum absolute atomic E-state index is 14.2. The highest BCUT2D eigenvalue weighted by Gasteiger charge is 2.57. The number of ether oxygens (including phenoxy) is 3. The van der Waals surface area contributed by atoms with Crippen molar-refractivity contribution in [2.24, 2.45) is 0 Å². The minimum atomic E-state index is -0.971. The number of hydrogen-bond acceptors (Lipinski definition) is 6. The molecule has 2 aromatic carbocycles. The maximum atomic E-state index is 14.2. The number of carbonyl (C=O) groups is 1. The Morgan fingerprint density at radius 2 is 1.67 bits per heavy atom. The topological polar surface area (TPSA) is 69.1 Å². The fourth-order valence-electron chi connectivity index (χ4n) is 5.62. The van der Waals surface area contributed by atoms with Crippen molar-refractivity contribution in [1.82, 2.24) is 19.4 Å². The van der Waals surface area contributed by atoms with Crippen LogP contribution in [0.5, 0.6) is 11.5 Å². The minimum Gasteiger partial charge on any atom is -0.497 e. The molecule has 2 aliphatic rings. The molecule has 0 saturated carbocycles. The predicted octanol–water partition coefficient (Wildman–Crippen LogP) is 4.66. The van der Waals surface area contributed by atoms with Gasteiger partial charge in [0.25, 0.3) is 5.91 Å². The predicted molar refractivity (Wildman–Crippen MR) is 150 cm³/mol. The van der Waals surface area contributed by atoms with Gasteiger partial charge >= 0.3 is 0 Å². The van der Waals surface area contributed by atoms with Crippen LogP contribution in [-0.2, 0) is 22.6 Å². The number of hydrogen-bond donors (Lipinski definition) is 0. The largest absolute Gasteiger partial charge is 0.497 e. The number of morpholine rings is 1. The third-order valence-electron chi connectivity index (χ3n) is 7.64. The summed E-state index contributed by atoms with van der Waals surface area (Å²) in [4.78, 5) is 23.3. The Kier molecular flexibility index (Phi) is 7.96. The van der Waals surface area contributed by atoms with Gasteiger partial charge in [0.15, 0.2) is 5.60 Å². The maximum Gasteiger partial charge on any atom is 0.257 e. The van der Waals surface area contributed by atoms with Crippen molar-refractivity contribution in [2.45, 2.75) is 64.4 Å². The zero-order valence-corrected chi connectivity index (χ0v) is 23.7. The van der Waals surface area contributed by atoms with Crippen molar-refractivity contribution in [2.75, 3.05) is 33.4 Å². The number of aromatic nitrogens is 2. The zero-order chi connectivity index (χ0) is 27.6. The average Bonchev–Trinajstić information content (AvgIpc) is 3.54. The monoisotopic (exact) mass is 532 g/mol. The van der Waals surface area contributed by atoms with E-state index in [9.17, 15) is 4.79 Å². The Balaban J connectivity index is 1.40. The van der Waals surface area contributed by atoms with E-state index >= 15 is 0 Å². The quantitative estimate of drug-likeness (QED) is 0.399. The molecule has 8 nitrogen and oxygen atoms in total. The van der Waals surface area contributed by atoms with Gasteiger partial charge in [0.1, 0.15) is 11.5 Å². The normalized spacial score (nSPS) is 21.9. The lowest BCUT2D eigenvalue weighted by atomic mass is 9.85. The highest BCUT2D eigenvalue weighted by atomic mass is 16.5. The Labute approximate surface area is 231 Å². The van der Waals surface area contributed by atoms with E-state index in [0.717, 1.165) is 29.3 Å². The fraction of sp³-hybridized carbons (Fsp3) is 0.484. The summed E-state index contributed by atoms with van der Waals surface area (Å²) < 4.78 is 19.7. The third kappa shape index (κ3) is 5.82. The number of imidazole rings is 1. The molecule has 8 heteroatoms. The van der Waals surface area contributed by atoms with E-state index in [1.807, 2.05) is 61.5 Å². The van der Waals surface area contributed by atoms with E-state index in [4.69, 9.17) is 19.2 Å². The van der Waals surface area contributed by atoms with Crippen LogP contribution in [0.3, 0.4) is 0 Å². The first-order valence-corrected chi connectivity index (χ1v) is 13.8. The van der Waals surface area contributed by atoms with Gasteiger partial charge in [0.05, 0.1) is 37.8 Å². The molecule has 3 aromatic rings. The van der Waals surface area contributed by atoms with E-state index in [2.05, 4.69) is 41.6 Å². The fourth-order valence-corrected chi connectivity index (χ4v) is 5.62. The van der Waals surface area contributed by atoms with Gasteiger partial charge in [-0.2, -0.15) is 0 Å². The number of carbonyl (C=O) groups excluding carboxylic acids is 1. The first-order chi connectivity index (χ1) is 18.8. The summed E-state index contributed by atoms with van der Waals surface area (Å²) in [6, 6.07) is 16.4. The van der Waals surface area contributed by atoms with Crippen molar-refractivity contribution in [1.29, 1.82) is 0 Å². The zero-order valence-electron chi connectivity index (χ0n) is 23.7. The standard InChI is InChI=1S/C31H40N4O4/c1-22(2)35-19-29(32-21-35)28-18-33(16-24-8-12-27(13-9-24)39-23(3)4)20-31(28)30(36)34(14-15-38-31)17-25-6-10-26(37-5)11-7-25/h6-13,19,21-23,28H,14-18,20H2,1-5H3/t28-,31-/m1/s1. The minimum absolute atomic E-state index is 0.0387. The SMILES string of the molecule is COc1ccc(CN2CCO[C@@]3(CN(Cc4ccc(OC(C)C)cc4)C[C@@H]3c3cn(C(C)C)cn3)C2=O)cc1. The number of amides is 1. The molecule has 3 heterocycles. The van der Waals surface area contributed by atoms with Crippen LogP contribution in [0, 0.1) is 0 Å². The average molecular weight is 533 g/mol. The molecular weight excluding hydrogens is 492 g/mol. The van der Waals surface area contributed by atoms with Gasteiger partial charge in [-0.15, -0.1) is 0 Å². The molecule has 0 bridgehead atoms. The van der Waals surface area contributed by atoms with Crippen molar-refractivity contribution in [3.05, 3.63) is 77.9 Å². The first kappa shape index (κ1) is 27.2. The van der Waals surface area contributed by atoms with Crippen LogP contribution in [0.1, 0.15) is 56.5 Å². The molecule has 1 amide bonds. The number of benzene rings is 2. The lowest BCUT2D eigenvalue weighted by Gasteiger charge is -2.42. The van der Waals surface area contributed by atoms with Gasteiger partial charge in [-0.3, -0.25) is 9.69 Å². The second kappa shape index (κ2) is 11.4. The summed E-state index contributed by atoms with van der Waals surface area (Å²) in [6.07, 6.45) is 4.08. The van der Waals surface area contributed by atoms with Crippen LogP contribution < -0.4 is 9.47 Å². The second-order valence-electron chi connectivity index (χ2n) is 11.2. The third-order valence-corrected chi connectivity index (χ3v) is 7.64. The molecule has 2 aliphatic heterocycles. The van der Waals surface area contributed by atoms with Crippen LogP contribution in [-0.4, -0.2) is 70.3 Å². The van der Waals surface area contributed by atoms with Gasteiger partial charge in [-0.25, -0.2) is 4.98 Å². The highest BCUT2D eigenvalue weighted by molar-refractivity contribution is 5.88. The molecule has 39 heavy (non-hydrogen) atoms. The van der Waals surface area contributed by atoms with Crippen LogP contribution in [0.15, 0.2) is 61.1 Å². The van der Waals surface area contributed by atoms with Gasteiger partial charge in [-0.05, 0) is 63.1 Å². The van der Waals surface area contributed by atoms with E-state index < -0.39 is 5.60 Å². The summed E-state index contributed by atoms with van der Waals surface area (Å²) in [5.41, 5.74) is 2.18. The summed E-state index contributed by atoms with van der Waals surface area (Å²) in [5, 5.41) is 0. The Morgan fingerprint density at radius 1 is 1.00 bits per heavy atom. The Morgan fingerprint density at radius 3 is 2.28 bits per heavy atom. The number of rotatable bonds is 9. The number of likely N-dealkylation sites (tertiary alicyclic amines) is 1. The van der Waals surface area contributed by atoms with Crippen molar-refractivity contribution >= 4 is 5.91 Å².